The number of hydrogen-bond donors (Lipinski definition) is 0. The summed E-state index contributed by atoms with van der Waals surface area (Å²) in [5.74, 6) is 0. The highest BCUT2D eigenvalue weighted by atomic mass is 32.1. The van der Waals surface area contributed by atoms with Crippen molar-refractivity contribution < 1.29 is 0 Å². The molecule has 1 nitrogen and oxygen atoms in total. The molecule has 0 unspecified atom stereocenters. The minimum atomic E-state index is 1.08. The summed E-state index contributed by atoms with van der Waals surface area (Å²) in [4.78, 5) is 0. The summed E-state index contributed by atoms with van der Waals surface area (Å²) in [6.45, 7) is 8.48. The molecule has 2 aromatic heterocycles. The Kier molecular flexibility index (Phi) is 7.11. The molecule has 0 spiro atoms. The fourth-order valence-corrected chi connectivity index (χ4v) is 8.91. The Balaban J connectivity index is 0.00000153. The molecule has 0 fully saturated rings. The van der Waals surface area contributed by atoms with E-state index in [-0.39, 0.29) is 0 Å². The van der Waals surface area contributed by atoms with Crippen LogP contribution in [0.1, 0.15) is 49.4 Å². The van der Waals surface area contributed by atoms with E-state index in [4.69, 9.17) is 0 Å². The highest BCUT2D eigenvalue weighted by Gasteiger charge is 2.27. The van der Waals surface area contributed by atoms with Crippen molar-refractivity contribution in [1.82, 2.24) is 4.57 Å². The normalized spacial score (nSPS) is 12.9. The zero-order valence-electron chi connectivity index (χ0n) is 26.9. The molecular weight excluding hydrogens is 575 g/mol. The number of aromatic nitrogens is 1. The molecule has 0 N–H and O–H groups in total. The molecule has 1 aliphatic carbocycles. The van der Waals surface area contributed by atoms with Crippen LogP contribution in [-0.2, 0) is 6.42 Å². The van der Waals surface area contributed by atoms with Crippen molar-refractivity contribution >= 4 is 76.2 Å². The van der Waals surface area contributed by atoms with E-state index in [1.807, 2.05) is 25.2 Å². The molecule has 0 radical (unpaired) electrons. The molecule has 0 atom stereocenters. The maximum atomic E-state index is 2.59. The number of thiophene rings is 1. The van der Waals surface area contributed by atoms with E-state index in [0.717, 1.165) is 12.8 Å². The van der Waals surface area contributed by atoms with Gasteiger partial charge in [-0.2, -0.15) is 0 Å². The predicted molar refractivity (Wildman–Crippen MR) is 205 cm³/mol. The van der Waals surface area contributed by atoms with Crippen LogP contribution < -0.4 is 0 Å². The van der Waals surface area contributed by atoms with Crippen LogP contribution in [0.2, 0.25) is 0 Å². The Morgan fingerprint density at radius 2 is 1.33 bits per heavy atom. The van der Waals surface area contributed by atoms with E-state index in [0.29, 0.717) is 0 Å². The van der Waals surface area contributed by atoms with Gasteiger partial charge in [0.05, 0.1) is 15.7 Å². The molecule has 224 valence electrons. The Morgan fingerprint density at radius 1 is 0.674 bits per heavy atom. The summed E-state index contributed by atoms with van der Waals surface area (Å²) >= 11 is 1.93. The molecule has 0 aliphatic heterocycles. The number of allylic oxidation sites excluding steroid dienone is 2. The maximum absolute atomic E-state index is 2.59. The molecule has 0 saturated carbocycles. The van der Waals surface area contributed by atoms with Crippen molar-refractivity contribution in [3.05, 3.63) is 138 Å². The lowest BCUT2D eigenvalue weighted by atomic mass is 9.85. The summed E-state index contributed by atoms with van der Waals surface area (Å²) in [6, 6.07) is 37.9. The summed E-state index contributed by atoms with van der Waals surface area (Å²) in [5, 5.41) is 8.14. The SMILES string of the molecule is C/C=C\c1c(C)c2c(c3c4c5ccccc5c5c6ccccc6sc5c4n(-c4ccc(-c5ccccc5)cc4)c13)C=CCC2.CC. The number of benzene rings is 6. The van der Waals surface area contributed by atoms with Gasteiger partial charge < -0.3 is 4.57 Å². The van der Waals surface area contributed by atoms with Gasteiger partial charge in [0.25, 0.3) is 0 Å². The van der Waals surface area contributed by atoms with Crippen molar-refractivity contribution in [3.8, 4) is 16.8 Å². The van der Waals surface area contributed by atoms with Gasteiger partial charge >= 0.3 is 0 Å². The summed E-state index contributed by atoms with van der Waals surface area (Å²) < 4.78 is 5.29. The quantitative estimate of drug-likeness (QED) is 0.187. The molecule has 0 bridgehead atoms. The first-order valence-electron chi connectivity index (χ1n) is 16.5. The first kappa shape index (κ1) is 28.5. The summed E-state index contributed by atoms with van der Waals surface area (Å²) in [7, 11) is 0. The van der Waals surface area contributed by atoms with Gasteiger partial charge in [-0.1, -0.05) is 123 Å². The second kappa shape index (κ2) is 11.5. The van der Waals surface area contributed by atoms with Crippen LogP contribution in [-0.4, -0.2) is 4.57 Å². The van der Waals surface area contributed by atoms with E-state index in [9.17, 15) is 0 Å². The zero-order valence-corrected chi connectivity index (χ0v) is 27.7. The van der Waals surface area contributed by atoms with Gasteiger partial charge in [-0.25, -0.2) is 0 Å². The monoisotopic (exact) mass is 611 g/mol. The lowest BCUT2D eigenvalue weighted by molar-refractivity contribution is 0.973. The average molecular weight is 612 g/mol. The van der Waals surface area contributed by atoms with Crippen LogP contribution in [0.3, 0.4) is 0 Å². The first-order valence-corrected chi connectivity index (χ1v) is 17.4. The van der Waals surface area contributed by atoms with Gasteiger partial charge in [0.15, 0.2) is 0 Å². The van der Waals surface area contributed by atoms with Gasteiger partial charge in [0.2, 0.25) is 0 Å². The highest BCUT2D eigenvalue weighted by molar-refractivity contribution is 7.27. The van der Waals surface area contributed by atoms with Crippen LogP contribution in [0.25, 0.3) is 81.7 Å². The molecule has 9 rings (SSSR count). The molecule has 2 heterocycles. The smallest absolute Gasteiger partial charge is 0.0726 e. The molecule has 8 aromatic rings. The van der Waals surface area contributed by atoms with E-state index in [2.05, 4.69) is 146 Å². The molecule has 6 aromatic carbocycles. The van der Waals surface area contributed by atoms with E-state index in [1.54, 1.807) is 0 Å². The van der Waals surface area contributed by atoms with Crippen molar-refractivity contribution in [3.63, 3.8) is 0 Å². The first-order chi connectivity index (χ1) is 22.7. The fourth-order valence-electron chi connectivity index (χ4n) is 7.66. The van der Waals surface area contributed by atoms with Gasteiger partial charge in [-0.15, -0.1) is 11.3 Å². The highest BCUT2D eigenvalue weighted by Crippen LogP contribution is 2.50. The van der Waals surface area contributed by atoms with Gasteiger partial charge in [0, 0.05) is 37.5 Å². The molecule has 0 amide bonds. The van der Waals surface area contributed by atoms with Gasteiger partial charge in [-0.3, -0.25) is 0 Å². The van der Waals surface area contributed by atoms with E-state index in [1.165, 1.54) is 91.8 Å². The Morgan fingerprint density at radius 3 is 2.07 bits per heavy atom. The van der Waals surface area contributed by atoms with Crippen LogP contribution in [0.15, 0.2) is 115 Å². The van der Waals surface area contributed by atoms with Crippen molar-refractivity contribution in [2.24, 2.45) is 0 Å². The predicted octanol–water partition coefficient (Wildman–Crippen LogP) is 13.3. The zero-order chi connectivity index (χ0) is 31.4. The topological polar surface area (TPSA) is 4.93 Å². The Bertz CT molecular complexity index is 2480. The second-order valence-electron chi connectivity index (χ2n) is 11.9. The van der Waals surface area contributed by atoms with Crippen molar-refractivity contribution in [2.75, 3.05) is 0 Å². The van der Waals surface area contributed by atoms with Gasteiger partial charge in [-0.05, 0) is 83.5 Å². The Hall–Kier alpha value is -4.92. The van der Waals surface area contributed by atoms with Crippen LogP contribution in [0, 0.1) is 6.92 Å². The van der Waals surface area contributed by atoms with E-state index >= 15 is 0 Å². The molecule has 46 heavy (non-hydrogen) atoms. The van der Waals surface area contributed by atoms with Crippen molar-refractivity contribution in [2.45, 2.75) is 40.5 Å². The number of fused-ring (bicyclic) bond motifs is 12. The fraction of sp³-hybridized carbons (Fsp3) is 0.136. The minimum Gasteiger partial charge on any atom is -0.307 e. The standard InChI is InChI=1S/C42H31NS.C2H6/c1-3-13-31-26(2)30-16-7-8-17-32(30)38-39-34-19-10-9-18-33(34)37-35-20-11-12-21-36(35)44-42(37)41(39)43(40(31)38)29-24-22-28(23-25-29)27-14-5-4-6-15-27;1-2/h3-6,8-15,17-25H,7,16H2,1-2H3;1-2H3/b13-3-;. The molecular formula is C44H37NS. The molecule has 0 saturated heterocycles. The molecule has 2 heteroatoms. The summed E-state index contributed by atoms with van der Waals surface area (Å²) in [5.41, 5.74) is 11.9. The van der Waals surface area contributed by atoms with Gasteiger partial charge in [0.1, 0.15) is 0 Å². The van der Waals surface area contributed by atoms with Crippen molar-refractivity contribution in [1.29, 1.82) is 0 Å². The summed E-state index contributed by atoms with van der Waals surface area (Å²) in [6.07, 6.45) is 11.5. The third-order valence-electron chi connectivity index (χ3n) is 9.56. The largest absolute Gasteiger partial charge is 0.307 e. The number of rotatable bonds is 3. The average Bonchev–Trinajstić information content (AvgIpc) is 3.69. The number of nitrogens with zero attached hydrogens (tertiary/aromatic N) is 1. The van der Waals surface area contributed by atoms with Crippen LogP contribution in [0.5, 0.6) is 0 Å². The Labute approximate surface area is 274 Å². The minimum absolute atomic E-state index is 1.08. The van der Waals surface area contributed by atoms with Crippen LogP contribution >= 0.6 is 11.3 Å². The second-order valence-corrected chi connectivity index (χ2v) is 13.0. The number of hydrogen-bond acceptors (Lipinski definition) is 1. The molecule has 1 aliphatic rings. The lowest BCUT2D eigenvalue weighted by Crippen LogP contribution is -2.03. The lowest BCUT2D eigenvalue weighted by Gasteiger charge is -2.20. The van der Waals surface area contributed by atoms with E-state index < -0.39 is 0 Å². The maximum Gasteiger partial charge on any atom is 0.0726 e. The third-order valence-corrected chi connectivity index (χ3v) is 10.7. The van der Waals surface area contributed by atoms with Crippen LogP contribution in [0.4, 0.5) is 0 Å². The third kappa shape index (κ3) is 4.13.